The Labute approximate surface area is 139 Å². The van der Waals surface area contributed by atoms with Crippen molar-refractivity contribution in [3.8, 4) is 0 Å². The van der Waals surface area contributed by atoms with Gasteiger partial charge in [0.1, 0.15) is 24.6 Å². The largest absolute Gasteiger partial charge is 1.00 e. The SMILES string of the molecule is C[N+](C)(C)c1ncnc2c1ncn2C1OC(CO)C(O)C1O.[Cl-]. The maximum absolute atomic E-state index is 10.1. The van der Waals surface area contributed by atoms with Crippen LogP contribution in [0.15, 0.2) is 12.7 Å². The predicted octanol–water partition coefficient (Wildman–Crippen LogP) is -4.36. The lowest BCUT2D eigenvalue weighted by Gasteiger charge is -2.22. The number of nitrogens with zero attached hydrogens (tertiary/aromatic N) is 5. The Morgan fingerprint density at radius 1 is 1.17 bits per heavy atom. The molecule has 4 unspecified atom stereocenters. The molecule has 1 aliphatic heterocycles. The molecule has 0 bridgehead atoms. The van der Waals surface area contributed by atoms with Crippen LogP contribution < -0.4 is 16.9 Å². The van der Waals surface area contributed by atoms with Gasteiger partial charge in [0.2, 0.25) is 0 Å². The fraction of sp³-hybridized carbons (Fsp3) is 0.615. The van der Waals surface area contributed by atoms with Crippen LogP contribution in [0.1, 0.15) is 6.23 Å². The van der Waals surface area contributed by atoms with Crippen LogP contribution in [0.3, 0.4) is 0 Å². The summed E-state index contributed by atoms with van der Waals surface area (Å²) in [7, 11) is 5.90. The highest BCUT2D eigenvalue weighted by atomic mass is 35.5. The molecule has 1 saturated heterocycles. The predicted molar refractivity (Wildman–Crippen MR) is 77.9 cm³/mol. The van der Waals surface area contributed by atoms with E-state index in [9.17, 15) is 15.3 Å². The standard InChI is InChI=1S/C13H20N5O4.ClH/c1-18(2,3)12-8-11(14-5-15-12)17(6-16-8)13-10(21)9(20)7(4-19)22-13;/h5-7,9-10,13,19-21H,4H2,1-3H3;1H/q+1;/p-1. The smallest absolute Gasteiger partial charge is 0.258 e. The van der Waals surface area contributed by atoms with Crippen LogP contribution >= 0.6 is 0 Å². The molecule has 0 spiro atoms. The van der Waals surface area contributed by atoms with Gasteiger partial charge in [-0.1, -0.05) is 0 Å². The first-order valence-corrected chi connectivity index (χ1v) is 6.96. The summed E-state index contributed by atoms with van der Waals surface area (Å²) in [5, 5.41) is 29.2. The minimum atomic E-state index is -1.17. The number of ether oxygens (including phenoxy) is 1. The first kappa shape index (κ1) is 18.0. The Morgan fingerprint density at radius 2 is 1.87 bits per heavy atom. The van der Waals surface area contributed by atoms with Gasteiger partial charge in [-0.25, -0.2) is 9.97 Å². The van der Waals surface area contributed by atoms with Crippen molar-refractivity contribution in [1.82, 2.24) is 24.0 Å². The highest BCUT2D eigenvalue weighted by molar-refractivity contribution is 5.81. The molecule has 4 atom stereocenters. The second kappa shape index (κ2) is 6.27. The van der Waals surface area contributed by atoms with Crippen LogP contribution in [0.2, 0.25) is 0 Å². The molecule has 0 saturated carbocycles. The van der Waals surface area contributed by atoms with E-state index in [1.807, 2.05) is 21.1 Å². The molecule has 9 nitrogen and oxygen atoms in total. The van der Waals surface area contributed by atoms with Crippen LogP contribution in [-0.4, -0.2) is 80.9 Å². The van der Waals surface area contributed by atoms with E-state index in [-0.39, 0.29) is 19.0 Å². The fourth-order valence-corrected chi connectivity index (χ4v) is 2.63. The van der Waals surface area contributed by atoms with Crippen molar-refractivity contribution < 1.29 is 32.5 Å². The van der Waals surface area contributed by atoms with Gasteiger partial charge in [0.25, 0.3) is 5.82 Å². The third-order valence-electron chi connectivity index (χ3n) is 3.77. The topological polar surface area (TPSA) is 114 Å². The van der Waals surface area contributed by atoms with Crippen molar-refractivity contribution in [1.29, 1.82) is 0 Å². The summed E-state index contributed by atoms with van der Waals surface area (Å²) in [5.41, 5.74) is 1.11. The molecular weight excluding hydrogens is 326 g/mol. The minimum absolute atomic E-state index is 0. The summed E-state index contributed by atoms with van der Waals surface area (Å²) in [4.78, 5) is 12.8. The number of aliphatic hydroxyl groups excluding tert-OH is 3. The molecule has 3 N–H and O–H groups in total. The van der Waals surface area contributed by atoms with E-state index in [1.165, 1.54) is 12.7 Å². The van der Waals surface area contributed by atoms with Crippen molar-refractivity contribution in [2.45, 2.75) is 24.5 Å². The van der Waals surface area contributed by atoms with Crippen molar-refractivity contribution in [2.75, 3.05) is 27.7 Å². The molecule has 1 aliphatic rings. The Kier molecular flexibility index (Phi) is 4.90. The number of hydrogen-bond acceptors (Lipinski definition) is 7. The number of quaternary nitrogens is 1. The van der Waals surface area contributed by atoms with Crippen LogP contribution in [0.5, 0.6) is 0 Å². The fourth-order valence-electron chi connectivity index (χ4n) is 2.63. The van der Waals surface area contributed by atoms with E-state index in [0.29, 0.717) is 15.6 Å². The van der Waals surface area contributed by atoms with Gasteiger partial charge in [-0.3, -0.25) is 9.05 Å². The molecule has 0 radical (unpaired) electrons. The summed E-state index contributed by atoms with van der Waals surface area (Å²) in [6.07, 6.45) is -1.09. The zero-order valence-electron chi connectivity index (χ0n) is 13.0. The molecule has 23 heavy (non-hydrogen) atoms. The first-order chi connectivity index (χ1) is 10.3. The van der Waals surface area contributed by atoms with Gasteiger partial charge in [-0.15, -0.1) is 0 Å². The number of rotatable bonds is 3. The van der Waals surface area contributed by atoms with Gasteiger partial charge < -0.3 is 32.5 Å². The van der Waals surface area contributed by atoms with Crippen molar-refractivity contribution >= 4 is 17.0 Å². The summed E-state index contributed by atoms with van der Waals surface area (Å²) < 4.78 is 7.54. The number of aromatic nitrogens is 4. The van der Waals surface area contributed by atoms with E-state index in [0.717, 1.165) is 5.82 Å². The highest BCUT2D eigenvalue weighted by Crippen LogP contribution is 2.32. The maximum atomic E-state index is 10.1. The van der Waals surface area contributed by atoms with Gasteiger partial charge in [-0.2, -0.15) is 4.98 Å². The molecule has 3 heterocycles. The lowest BCUT2D eigenvalue weighted by molar-refractivity contribution is -0.0511. The Morgan fingerprint density at radius 3 is 2.43 bits per heavy atom. The number of hydrogen-bond donors (Lipinski definition) is 3. The minimum Gasteiger partial charge on any atom is -1.00 e. The lowest BCUT2D eigenvalue weighted by atomic mass is 10.1. The quantitative estimate of drug-likeness (QED) is 0.482. The van der Waals surface area contributed by atoms with E-state index in [1.54, 1.807) is 4.57 Å². The molecule has 10 heteroatoms. The van der Waals surface area contributed by atoms with E-state index >= 15 is 0 Å². The second-order valence-corrected chi connectivity index (χ2v) is 6.26. The van der Waals surface area contributed by atoms with Crippen molar-refractivity contribution in [3.63, 3.8) is 0 Å². The van der Waals surface area contributed by atoms with Crippen LogP contribution in [0, 0.1) is 0 Å². The van der Waals surface area contributed by atoms with Gasteiger partial charge >= 0.3 is 0 Å². The van der Waals surface area contributed by atoms with Crippen LogP contribution in [0.4, 0.5) is 5.82 Å². The number of halogens is 1. The number of fused-ring (bicyclic) bond motifs is 1. The molecule has 0 amide bonds. The molecule has 2 aromatic rings. The zero-order valence-corrected chi connectivity index (χ0v) is 13.8. The molecule has 2 aromatic heterocycles. The van der Waals surface area contributed by atoms with Gasteiger partial charge in [-0.05, 0) is 0 Å². The highest BCUT2D eigenvalue weighted by Gasteiger charge is 2.44. The molecule has 3 rings (SSSR count). The molecular formula is C13H20ClN5O4. The monoisotopic (exact) mass is 345 g/mol. The first-order valence-electron chi connectivity index (χ1n) is 6.96. The number of imidazole rings is 1. The summed E-state index contributed by atoms with van der Waals surface area (Å²) in [6.45, 7) is -0.375. The van der Waals surface area contributed by atoms with Gasteiger partial charge in [0, 0.05) is 0 Å². The molecule has 128 valence electrons. The van der Waals surface area contributed by atoms with Crippen LogP contribution in [-0.2, 0) is 4.74 Å². The normalized spacial score (nSPS) is 28.1. The molecule has 0 aliphatic carbocycles. The maximum Gasteiger partial charge on any atom is 0.258 e. The average molecular weight is 346 g/mol. The summed E-state index contributed by atoms with van der Waals surface area (Å²) in [5.74, 6) is 0.732. The zero-order chi connectivity index (χ0) is 16.1. The third kappa shape index (κ3) is 2.91. The second-order valence-electron chi connectivity index (χ2n) is 6.26. The average Bonchev–Trinajstić information content (AvgIpc) is 3.00. The van der Waals surface area contributed by atoms with Crippen molar-refractivity contribution in [3.05, 3.63) is 12.7 Å². The third-order valence-corrected chi connectivity index (χ3v) is 3.77. The summed E-state index contributed by atoms with van der Waals surface area (Å²) >= 11 is 0. The van der Waals surface area contributed by atoms with Crippen LogP contribution in [0.25, 0.3) is 11.2 Å². The van der Waals surface area contributed by atoms with Gasteiger partial charge in [0.15, 0.2) is 17.4 Å². The van der Waals surface area contributed by atoms with E-state index < -0.39 is 24.5 Å². The number of aliphatic hydroxyl groups is 3. The molecule has 1 fully saturated rings. The Bertz CT molecular complexity index is 689. The molecule has 0 aromatic carbocycles. The van der Waals surface area contributed by atoms with Crippen molar-refractivity contribution in [2.24, 2.45) is 0 Å². The van der Waals surface area contributed by atoms with E-state index in [4.69, 9.17) is 4.74 Å². The Balaban J connectivity index is 0.00000192. The Hall–Kier alpha value is -1.36. The van der Waals surface area contributed by atoms with E-state index in [2.05, 4.69) is 15.0 Å². The van der Waals surface area contributed by atoms with Gasteiger partial charge in [0.05, 0.1) is 34.1 Å². The summed E-state index contributed by atoms with van der Waals surface area (Å²) in [6, 6.07) is 0. The lowest BCUT2D eigenvalue weighted by Crippen LogP contribution is -3.00.